The summed E-state index contributed by atoms with van der Waals surface area (Å²) in [7, 11) is 0. The zero-order valence-corrected chi connectivity index (χ0v) is 11.2. The highest BCUT2D eigenvalue weighted by atomic mass is 16.4. The molecule has 0 saturated carbocycles. The largest absolute Gasteiger partial charge is 0.480 e. The van der Waals surface area contributed by atoms with Gasteiger partial charge in [0.15, 0.2) is 0 Å². The maximum absolute atomic E-state index is 11.7. The van der Waals surface area contributed by atoms with Crippen molar-refractivity contribution in [3.05, 3.63) is 0 Å². The molecule has 2 atom stereocenters. The maximum atomic E-state index is 11.7. The molecular weight excluding hydrogens is 232 g/mol. The van der Waals surface area contributed by atoms with Gasteiger partial charge < -0.3 is 15.7 Å². The molecule has 18 heavy (non-hydrogen) atoms. The first-order chi connectivity index (χ1) is 8.49. The fraction of sp³-hybridized carbons (Fsp3) is 0.846. The molecule has 1 saturated heterocycles. The van der Waals surface area contributed by atoms with Crippen LogP contribution in [0.15, 0.2) is 0 Å². The summed E-state index contributed by atoms with van der Waals surface area (Å²) in [5.74, 6) is -0.274. The minimum atomic E-state index is -0.945. The van der Waals surface area contributed by atoms with Crippen LogP contribution in [-0.4, -0.2) is 36.1 Å². The number of amides is 1. The van der Waals surface area contributed by atoms with Gasteiger partial charge in [-0.25, -0.2) is 4.79 Å². The Morgan fingerprint density at radius 1 is 1.44 bits per heavy atom. The lowest BCUT2D eigenvalue weighted by molar-refractivity contribution is -0.142. The van der Waals surface area contributed by atoms with Crippen molar-refractivity contribution in [2.75, 3.05) is 13.1 Å². The lowest BCUT2D eigenvalue weighted by Gasteiger charge is -2.17. The van der Waals surface area contributed by atoms with Gasteiger partial charge in [0.1, 0.15) is 6.04 Å². The minimum absolute atomic E-state index is 0.144. The molecule has 3 N–H and O–H groups in total. The Hall–Kier alpha value is -1.10. The first-order valence-electron chi connectivity index (χ1n) is 6.72. The lowest BCUT2D eigenvalue weighted by Crippen LogP contribution is -2.41. The molecule has 0 aromatic carbocycles. The van der Waals surface area contributed by atoms with Crippen LogP contribution in [0.3, 0.4) is 0 Å². The third-order valence-corrected chi connectivity index (χ3v) is 3.28. The third-order valence-electron chi connectivity index (χ3n) is 3.28. The summed E-state index contributed by atoms with van der Waals surface area (Å²) in [4.78, 5) is 22.7. The van der Waals surface area contributed by atoms with Crippen LogP contribution in [0.1, 0.15) is 39.5 Å². The van der Waals surface area contributed by atoms with Crippen molar-refractivity contribution in [2.24, 2.45) is 11.8 Å². The predicted octanol–water partition coefficient (Wildman–Crippen LogP) is 0.992. The van der Waals surface area contributed by atoms with Gasteiger partial charge in [-0.2, -0.15) is 0 Å². The second-order valence-electron chi connectivity index (χ2n) is 5.49. The van der Waals surface area contributed by atoms with E-state index >= 15 is 0 Å². The predicted molar refractivity (Wildman–Crippen MR) is 69.2 cm³/mol. The van der Waals surface area contributed by atoms with Crippen LogP contribution < -0.4 is 10.6 Å². The van der Waals surface area contributed by atoms with Crippen LogP contribution in [0.4, 0.5) is 0 Å². The van der Waals surface area contributed by atoms with Crippen molar-refractivity contribution >= 4 is 11.9 Å². The normalized spacial score (nSPS) is 20.9. The average Bonchev–Trinajstić information content (AvgIpc) is 2.77. The van der Waals surface area contributed by atoms with Gasteiger partial charge in [0.25, 0.3) is 0 Å². The molecule has 1 rings (SSSR count). The van der Waals surface area contributed by atoms with E-state index in [2.05, 4.69) is 10.6 Å². The molecule has 0 aromatic rings. The second-order valence-corrected chi connectivity index (χ2v) is 5.49. The Kier molecular flexibility index (Phi) is 6.12. The topological polar surface area (TPSA) is 78.4 Å². The SMILES string of the molecule is CC(C)CC(NC(=O)CCC1CCNC1)C(=O)O. The molecule has 1 aliphatic rings. The number of hydrogen-bond acceptors (Lipinski definition) is 3. The molecule has 0 radical (unpaired) electrons. The van der Waals surface area contributed by atoms with Crippen LogP contribution in [-0.2, 0) is 9.59 Å². The van der Waals surface area contributed by atoms with Gasteiger partial charge in [0, 0.05) is 6.42 Å². The van der Waals surface area contributed by atoms with Crippen molar-refractivity contribution in [2.45, 2.75) is 45.6 Å². The van der Waals surface area contributed by atoms with Crippen LogP contribution in [0, 0.1) is 11.8 Å². The molecule has 0 aliphatic carbocycles. The molecule has 0 spiro atoms. The highest BCUT2D eigenvalue weighted by Crippen LogP contribution is 2.14. The second kappa shape index (κ2) is 7.36. The number of carbonyl (C=O) groups excluding carboxylic acids is 1. The van der Waals surface area contributed by atoms with E-state index in [1.54, 1.807) is 0 Å². The van der Waals surface area contributed by atoms with Crippen LogP contribution in [0.25, 0.3) is 0 Å². The Labute approximate surface area is 108 Å². The third kappa shape index (κ3) is 5.49. The van der Waals surface area contributed by atoms with Gasteiger partial charge in [-0.15, -0.1) is 0 Å². The molecule has 0 bridgehead atoms. The van der Waals surface area contributed by atoms with Gasteiger partial charge in [0.05, 0.1) is 0 Å². The van der Waals surface area contributed by atoms with Gasteiger partial charge in [0.2, 0.25) is 5.91 Å². The van der Waals surface area contributed by atoms with Gasteiger partial charge in [-0.3, -0.25) is 4.79 Å². The van der Waals surface area contributed by atoms with Crippen LogP contribution in [0.2, 0.25) is 0 Å². The summed E-state index contributed by atoms with van der Waals surface area (Å²) in [6.45, 7) is 5.90. The van der Waals surface area contributed by atoms with Crippen molar-refractivity contribution in [1.29, 1.82) is 0 Å². The van der Waals surface area contributed by atoms with Gasteiger partial charge in [-0.1, -0.05) is 13.8 Å². The number of carboxylic acid groups (broad SMARTS) is 1. The molecule has 0 aromatic heterocycles. The summed E-state index contributed by atoms with van der Waals surface area (Å²) >= 11 is 0. The number of rotatable bonds is 7. The van der Waals surface area contributed by atoms with Crippen LogP contribution >= 0.6 is 0 Å². The maximum Gasteiger partial charge on any atom is 0.326 e. The van der Waals surface area contributed by atoms with E-state index in [4.69, 9.17) is 5.11 Å². The molecule has 1 aliphatic heterocycles. The van der Waals surface area contributed by atoms with Crippen molar-refractivity contribution in [3.63, 3.8) is 0 Å². The van der Waals surface area contributed by atoms with E-state index in [0.717, 1.165) is 25.9 Å². The molecule has 5 nitrogen and oxygen atoms in total. The molecule has 2 unspecified atom stereocenters. The van der Waals surface area contributed by atoms with Crippen molar-refractivity contribution in [3.8, 4) is 0 Å². The molecule has 5 heteroatoms. The lowest BCUT2D eigenvalue weighted by atomic mass is 10.0. The number of aliphatic carboxylic acids is 1. The van der Waals surface area contributed by atoms with E-state index in [-0.39, 0.29) is 11.8 Å². The summed E-state index contributed by atoms with van der Waals surface area (Å²) in [5, 5.41) is 14.9. The number of carbonyl (C=O) groups is 2. The highest BCUT2D eigenvalue weighted by Gasteiger charge is 2.22. The monoisotopic (exact) mass is 256 g/mol. The zero-order chi connectivity index (χ0) is 13.5. The van der Waals surface area contributed by atoms with E-state index in [1.165, 1.54) is 0 Å². The molecule has 1 amide bonds. The fourth-order valence-corrected chi connectivity index (χ4v) is 2.26. The van der Waals surface area contributed by atoms with E-state index < -0.39 is 12.0 Å². The molecule has 1 fully saturated rings. The zero-order valence-electron chi connectivity index (χ0n) is 11.2. The van der Waals surface area contributed by atoms with Crippen LogP contribution in [0.5, 0.6) is 0 Å². The average molecular weight is 256 g/mol. The van der Waals surface area contributed by atoms with Crippen molar-refractivity contribution in [1.82, 2.24) is 10.6 Å². The summed E-state index contributed by atoms with van der Waals surface area (Å²) in [5.41, 5.74) is 0. The van der Waals surface area contributed by atoms with E-state index in [0.29, 0.717) is 18.8 Å². The van der Waals surface area contributed by atoms with Crippen molar-refractivity contribution < 1.29 is 14.7 Å². The smallest absolute Gasteiger partial charge is 0.326 e. The highest BCUT2D eigenvalue weighted by molar-refractivity contribution is 5.83. The number of nitrogens with one attached hydrogen (secondary N) is 2. The quantitative estimate of drug-likeness (QED) is 0.635. The Balaban J connectivity index is 2.29. The van der Waals surface area contributed by atoms with E-state index in [9.17, 15) is 9.59 Å². The first-order valence-corrected chi connectivity index (χ1v) is 6.72. The van der Waals surface area contributed by atoms with Gasteiger partial charge in [-0.05, 0) is 44.2 Å². The van der Waals surface area contributed by atoms with Gasteiger partial charge >= 0.3 is 5.97 Å². The fourth-order valence-electron chi connectivity index (χ4n) is 2.26. The summed E-state index contributed by atoms with van der Waals surface area (Å²) in [6, 6.07) is -0.751. The minimum Gasteiger partial charge on any atom is -0.480 e. The van der Waals surface area contributed by atoms with E-state index in [1.807, 2.05) is 13.8 Å². The molecule has 104 valence electrons. The molecule has 1 heterocycles. The summed E-state index contributed by atoms with van der Waals surface area (Å²) in [6.07, 6.45) is 2.86. The Morgan fingerprint density at radius 3 is 2.67 bits per heavy atom. The number of carboxylic acids is 1. The summed E-state index contributed by atoms with van der Waals surface area (Å²) < 4.78 is 0. The Bertz CT molecular complexity index is 286. The molecular formula is C13H24N2O3. The Morgan fingerprint density at radius 2 is 2.17 bits per heavy atom. The number of hydrogen-bond donors (Lipinski definition) is 3. The standard InChI is InChI=1S/C13H24N2O3/c1-9(2)7-11(13(17)18)15-12(16)4-3-10-5-6-14-8-10/h9-11,14H,3-8H2,1-2H3,(H,15,16)(H,17,18). The first kappa shape index (κ1) is 15.0.